The summed E-state index contributed by atoms with van der Waals surface area (Å²) in [4.78, 5) is 2.49. The number of hydrogen-bond donors (Lipinski definition) is 0. The van der Waals surface area contributed by atoms with Crippen molar-refractivity contribution in [2.24, 2.45) is 5.92 Å². The van der Waals surface area contributed by atoms with Crippen LogP contribution in [0, 0.1) is 5.92 Å². The zero-order valence-corrected chi connectivity index (χ0v) is 12.1. The molecular weight excluding hydrogens is 206 g/mol. The lowest BCUT2D eigenvalue weighted by molar-refractivity contribution is 0.350. The molecule has 17 heavy (non-hydrogen) atoms. The topological polar surface area (TPSA) is 3.24 Å². The standard InChI is InChI=1S/C12H15N.2C2H6/c1-2-13-9-8-12(10-13)11-6-4-3-5-7-11;2*1-2/h3-4,6,12H,2,8-10H2,1H3;2*1-2H3. The predicted molar refractivity (Wildman–Crippen MR) is 77.2 cm³/mol. The summed E-state index contributed by atoms with van der Waals surface area (Å²) in [5.74, 6) is 0.692. The first-order chi connectivity index (χ1) is 8.40. The second kappa shape index (κ2) is 10.2. The van der Waals surface area contributed by atoms with Crippen molar-refractivity contribution in [1.29, 1.82) is 0 Å². The third-order valence-electron chi connectivity index (χ3n) is 2.83. The number of likely N-dealkylation sites (tertiary alicyclic amines) is 1. The third kappa shape index (κ3) is 5.24. The average molecular weight is 233 g/mol. The number of nitrogens with zero attached hydrogens (tertiary/aromatic N) is 1. The van der Waals surface area contributed by atoms with E-state index in [4.69, 9.17) is 0 Å². The van der Waals surface area contributed by atoms with Gasteiger partial charge in [-0.05, 0) is 31.7 Å². The Hall–Kier alpha value is -1.00. The molecule has 2 aliphatic rings. The fourth-order valence-electron chi connectivity index (χ4n) is 1.98. The molecule has 0 spiro atoms. The van der Waals surface area contributed by atoms with Crippen LogP contribution in [0.5, 0.6) is 0 Å². The maximum absolute atomic E-state index is 3.20. The molecule has 1 aliphatic heterocycles. The molecule has 1 atom stereocenters. The monoisotopic (exact) mass is 233 g/mol. The smallest absolute Gasteiger partial charge is 0.00682 e. The molecule has 96 valence electrons. The lowest BCUT2D eigenvalue weighted by Gasteiger charge is -2.12. The molecule has 0 radical (unpaired) electrons. The molecule has 1 unspecified atom stereocenters. The highest BCUT2D eigenvalue weighted by molar-refractivity contribution is 5.28. The largest absolute Gasteiger partial charge is 0.303 e. The second-order valence-corrected chi connectivity index (χ2v) is 3.63. The van der Waals surface area contributed by atoms with Crippen LogP contribution in [0.15, 0.2) is 35.3 Å². The normalized spacial score (nSPS) is 21.2. The van der Waals surface area contributed by atoms with E-state index in [0.717, 1.165) is 0 Å². The Morgan fingerprint density at radius 3 is 2.47 bits per heavy atom. The molecule has 0 aromatic rings. The van der Waals surface area contributed by atoms with Gasteiger partial charge in [0.2, 0.25) is 0 Å². The van der Waals surface area contributed by atoms with Crippen molar-refractivity contribution in [3.63, 3.8) is 0 Å². The van der Waals surface area contributed by atoms with Crippen molar-refractivity contribution >= 4 is 0 Å². The minimum Gasteiger partial charge on any atom is -0.303 e. The van der Waals surface area contributed by atoms with Crippen LogP contribution in [0.1, 0.15) is 41.0 Å². The van der Waals surface area contributed by atoms with Crippen molar-refractivity contribution in [1.82, 2.24) is 4.90 Å². The molecule has 0 aromatic heterocycles. The lowest BCUT2D eigenvalue weighted by atomic mass is 9.98. The summed E-state index contributed by atoms with van der Waals surface area (Å²) in [7, 11) is 0. The fourth-order valence-corrected chi connectivity index (χ4v) is 1.98. The first-order valence-corrected chi connectivity index (χ1v) is 7.00. The Bertz CT molecular complexity index is 312. The molecule has 0 amide bonds. The third-order valence-corrected chi connectivity index (χ3v) is 2.83. The minimum absolute atomic E-state index is 0.692. The first-order valence-electron chi connectivity index (χ1n) is 7.00. The van der Waals surface area contributed by atoms with E-state index < -0.39 is 0 Å². The van der Waals surface area contributed by atoms with E-state index in [1.165, 1.54) is 31.6 Å². The fraction of sp³-hybridized carbons (Fsp3) is 0.625. The van der Waals surface area contributed by atoms with Gasteiger partial charge in [0.25, 0.3) is 0 Å². The van der Waals surface area contributed by atoms with Gasteiger partial charge in [0.15, 0.2) is 0 Å². The Morgan fingerprint density at radius 2 is 2.00 bits per heavy atom. The van der Waals surface area contributed by atoms with E-state index in [0.29, 0.717) is 5.92 Å². The van der Waals surface area contributed by atoms with Crippen LogP contribution in [-0.2, 0) is 0 Å². The van der Waals surface area contributed by atoms with E-state index in [1.54, 1.807) is 0 Å². The van der Waals surface area contributed by atoms with Crippen molar-refractivity contribution in [3.05, 3.63) is 35.3 Å². The molecule has 0 saturated carbocycles. The van der Waals surface area contributed by atoms with Crippen LogP contribution in [0.2, 0.25) is 0 Å². The van der Waals surface area contributed by atoms with Crippen molar-refractivity contribution in [2.75, 3.05) is 19.6 Å². The highest BCUT2D eigenvalue weighted by Crippen LogP contribution is 2.24. The summed E-state index contributed by atoms with van der Waals surface area (Å²) in [6.07, 6.45) is 7.42. The van der Waals surface area contributed by atoms with Gasteiger partial charge in [0.1, 0.15) is 0 Å². The number of hydrogen-bond acceptors (Lipinski definition) is 1. The molecule has 0 aromatic carbocycles. The minimum atomic E-state index is 0.692. The maximum Gasteiger partial charge on any atom is 0.00682 e. The average Bonchev–Trinajstić information content (AvgIpc) is 2.93. The van der Waals surface area contributed by atoms with E-state index in [2.05, 4.69) is 35.4 Å². The van der Waals surface area contributed by atoms with Gasteiger partial charge in [-0.2, -0.15) is 0 Å². The van der Waals surface area contributed by atoms with Gasteiger partial charge in [-0.15, -0.1) is 0 Å². The van der Waals surface area contributed by atoms with Crippen LogP contribution in [0.25, 0.3) is 0 Å². The van der Waals surface area contributed by atoms with Gasteiger partial charge in [-0.25, -0.2) is 0 Å². The Morgan fingerprint density at radius 1 is 1.29 bits per heavy atom. The van der Waals surface area contributed by atoms with Crippen LogP contribution >= 0.6 is 0 Å². The molecule has 0 N–H and O–H groups in total. The molecule has 1 saturated heterocycles. The zero-order valence-electron chi connectivity index (χ0n) is 12.1. The predicted octanol–water partition coefficient (Wildman–Crippen LogP) is 4.19. The van der Waals surface area contributed by atoms with Gasteiger partial charge >= 0.3 is 0 Å². The maximum atomic E-state index is 3.20. The van der Waals surface area contributed by atoms with Crippen LogP contribution in [0.3, 0.4) is 0 Å². The van der Waals surface area contributed by atoms with Gasteiger partial charge in [0.05, 0.1) is 0 Å². The van der Waals surface area contributed by atoms with Crippen molar-refractivity contribution in [2.45, 2.75) is 41.0 Å². The molecule has 1 fully saturated rings. The van der Waals surface area contributed by atoms with Gasteiger partial charge in [-0.3, -0.25) is 0 Å². The zero-order chi connectivity index (χ0) is 13.1. The lowest BCUT2D eigenvalue weighted by Crippen LogP contribution is -2.20. The van der Waals surface area contributed by atoms with Gasteiger partial charge < -0.3 is 4.90 Å². The van der Waals surface area contributed by atoms with Crippen LogP contribution in [-0.4, -0.2) is 24.5 Å². The van der Waals surface area contributed by atoms with Gasteiger partial charge in [0, 0.05) is 18.0 Å². The Kier molecular flexibility index (Phi) is 9.57. The molecule has 1 aliphatic carbocycles. The van der Waals surface area contributed by atoms with E-state index >= 15 is 0 Å². The first kappa shape index (κ1) is 16.0. The Balaban J connectivity index is 0.000000581. The highest BCUT2D eigenvalue weighted by Gasteiger charge is 2.23. The van der Waals surface area contributed by atoms with Crippen LogP contribution < -0.4 is 0 Å². The molecular formula is C16H27N. The summed E-state index contributed by atoms with van der Waals surface area (Å²) < 4.78 is 0. The summed E-state index contributed by atoms with van der Waals surface area (Å²) in [5.41, 5.74) is 7.56. The van der Waals surface area contributed by atoms with E-state index in [-0.39, 0.29) is 0 Å². The molecule has 1 heterocycles. The number of allylic oxidation sites excluding steroid dienone is 3. The van der Waals surface area contributed by atoms with E-state index in [1.807, 2.05) is 33.8 Å². The summed E-state index contributed by atoms with van der Waals surface area (Å²) in [6, 6.07) is 0. The van der Waals surface area contributed by atoms with Crippen molar-refractivity contribution < 1.29 is 0 Å². The molecule has 1 nitrogen and oxygen atoms in total. The SMILES string of the molecule is CC.CC.CCN1CCC(C2=C=C=CC=C2)C1. The summed E-state index contributed by atoms with van der Waals surface area (Å²) in [6.45, 7) is 13.8. The van der Waals surface area contributed by atoms with Gasteiger partial charge in [-0.1, -0.05) is 52.2 Å². The molecule has 0 bridgehead atoms. The van der Waals surface area contributed by atoms with E-state index in [9.17, 15) is 0 Å². The molecule has 2 rings (SSSR count). The Labute approximate surface area is 107 Å². The molecule has 1 heteroatoms. The summed E-state index contributed by atoms with van der Waals surface area (Å²) >= 11 is 0. The number of rotatable bonds is 2. The quantitative estimate of drug-likeness (QED) is 0.647. The highest BCUT2D eigenvalue weighted by atomic mass is 15.1. The second-order valence-electron chi connectivity index (χ2n) is 3.63. The van der Waals surface area contributed by atoms with Crippen LogP contribution in [0.4, 0.5) is 0 Å². The summed E-state index contributed by atoms with van der Waals surface area (Å²) in [5, 5.41) is 0. The van der Waals surface area contributed by atoms with Crippen molar-refractivity contribution in [3.8, 4) is 0 Å².